The van der Waals surface area contributed by atoms with Gasteiger partial charge in [0.1, 0.15) is 0 Å². The molecule has 2 heterocycles. The van der Waals surface area contributed by atoms with Crippen LogP contribution < -0.4 is 5.32 Å². The first-order valence-corrected chi connectivity index (χ1v) is 5.13. The van der Waals surface area contributed by atoms with E-state index in [-0.39, 0.29) is 12.4 Å². The molecule has 1 unspecified atom stereocenters. The summed E-state index contributed by atoms with van der Waals surface area (Å²) in [5.74, 6) is 0. The van der Waals surface area contributed by atoms with Gasteiger partial charge >= 0.3 is 0 Å². The lowest BCUT2D eigenvalue weighted by atomic mass is 9.74. The first kappa shape index (κ1) is 11.3. The van der Waals surface area contributed by atoms with Crippen LogP contribution in [-0.2, 0) is 4.74 Å². The molecule has 13 heavy (non-hydrogen) atoms. The topological polar surface area (TPSA) is 21.3 Å². The number of halogens is 1. The highest BCUT2D eigenvalue weighted by Crippen LogP contribution is 2.38. The van der Waals surface area contributed by atoms with Crippen LogP contribution in [0.15, 0.2) is 0 Å². The Labute approximate surface area is 86.8 Å². The standard InChI is InChI=1S/C10H19NO.ClH/c1-9-2-3-10(8-12-9)4-6-11-7-5-10;/h9,11H,2-8H2,1H3;1H. The molecule has 0 aromatic carbocycles. The van der Waals surface area contributed by atoms with Crippen LogP contribution >= 0.6 is 12.4 Å². The Balaban J connectivity index is 0.000000845. The van der Waals surface area contributed by atoms with E-state index in [1.54, 1.807) is 0 Å². The largest absolute Gasteiger partial charge is 0.378 e. The molecular weight excluding hydrogens is 186 g/mol. The lowest BCUT2D eigenvalue weighted by Gasteiger charge is -2.42. The van der Waals surface area contributed by atoms with Gasteiger partial charge in [-0.15, -0.1) is 12.4 Å². The molecule has 1 spiro atoms. The number of piperidine rings is 1. The molecule has 2 nitrogen and oxygen atoms in total. The molecule has 0 aromatic heterocycles. The van der Waals surface area contributed by atoms with Crippen molar-refractivity contribution in [3.05, 3.63) is 0 Å². The highest BCUT2D eigenvalue weighted by atomic mass is 35.5. The van der Waals surface area contributed by atoms with E-state index in [2.05, 4.69) is 12.2 Å². The van der Waals surface area contributed by atoms with Gasteiger partial charge in [-0.05, 0) is 51.1 Å². The summed E-state index contributed by atoms with van der Waals surface area (Å²) in [6.45, 7) is 5.58. The third-order valence-electron chi connectivity index (χ3n) is 3.42. The van der Waals surface area contributed by atoms with Crippen LogP contribution in [0.25, 0.3) is 0 Å². The number of hydrogen-bond donors (Lipinski definition) is 1. The van der Waals surface area contributed by atoms with Crippen molar-refractivity contribution in [3.8, 4) is 0 Å². The highest BCUT2D eigenvalue weighted by Gasteiger charge is 2.35. The third kappa shape index (κ3) is 2.58. The summed E-state index contributed by atoms with van der Waals surface area (Å²) < 4.78 is 5.74. The fourth-order valence-electron chi connectivity index (χ4n) is 2.34. The van der Waals surface area contributed by atoms with Crippen LogP contribution in [0, 0.1) is 5.41 Å². The zero-order valence-corrected chi connectivity index (χ0v) is 9.16. The summed E-state index contributed by atoms with van der Waals surface area (Å²) in [6.07, 6.45) is 5.79. The van der Waals surface area contributed by atoms with Gasteiger partial charge in [0.15, 0.2) is 0 Å². The van der Waals surface area contributed by atoms with Crippen LogP contribution in [-0.4, -0.2) is 25.8 Å². The summed E-state index contributed by atoms with van der Waals surface area (Å²) in [7, 11) is 0. The average molecular weight is 206 g/mol. The number of hydrogen-bond acceptors (Lipinski definition) is 2. The smallest absolute Gasteiger partial charge is 0.0547 e. The van der Waals surface area contributed by atoms with Crippen molar-refractivity contribution in [2.24, 2.45) is 5.41 Å². The maximum atomic E-state index is 5.74. The van der Waals surface area contributed by atoms with Crippen LogP contribution in [0.3, 0.4) is 0 Å². The molecule has 0 radical (unpaired) electrons. The van der Waals surface area contributed by atoms with Crippen molar-refractivity contribution in [1.29, 1.82) is 0 Å². The minimum absolute atomic E-state index is 0. The Morgan fingerprint density at radius 2 is 1.92 bits per heavy atom. The number of ether oxygens (including phenoxy) is 1. The molecule has 0 aliphatic carbocycles. The molecule has 0 aromatic rings. The Morgan fingerprint density at radius 3 is 2.46 bits per heavy atom. The molecule has 2 saturated heterocycles. The van der Waals surface area contributed by atoms with Crippen molar-refractivity contribution in [2.75, 3.05) is 19.7 Å². The van der Waals surface area contributed by atoms with Crippen LogP contribution in [0.1, 0.15) is 32.6 Å². The van der Waals surface area contributed by atoms with Crippen LogP contribution in [0.2, 0.25) is 0 Å². The van der Waals surface area contributed by atoms with E-state index in [0.29, 0.717) is 11.5 Å². The maximum Gasteiger partial charge on any atom is 0.0547 e. The first-order valence-electron chi connectivity index (χ1n) is 5.13. The second kappa shape index (κ2) is 4.63. The molecule has 0 amide bonds. The Hall–Kier alpha value is 0.210. The molecule has 2 rings (SSSR count). The Bertz CT molecular complexity index is 147. The van der Waals surface area contributed by atoms with E-state index in [4.69, 9.17) is 4.74 Å². The van der Waals surface area contributed by atoms with E-state index in [1.165, 1.54) is 38.8 Å². The van der Waals surface area contributed by atoms with Crippen molar-refractivity contribution in [2.45, 2.75) is 38.7 Å². The summed E-state index contributed by atoms with van der Waals surface area (Å²) in [5, 5.41) is 3.41. The Kier molecular flexibility index (Phi) is 4.02. The first-order chi connectivity index (χ1) is 5.81. The van der Waals surface area contributed by atoms with Gasteiger partial charge in [-0.3, -0.25) is 0 Å². The normalized spacial score (nSPS) is 32.5. The van der Waals surface area contributed by atoms with Crippen molar-refractivity contribution in [3.63, 3.8) is 0 Å². The lowest BCUT2D eigenvalue weighted by Crippen LogP contribution is -2.43. The van der Waals surface area contributed by atoms with Crippen LogP contribution in [0.5, 0.6) is 0 Å². The number of rotatable bonds is 0. The van der Waals surface area contributed by atoms with E-state index < -0.39 is 0 Å². The molecule has 2 aliphatic rings. The van der Waals surface area contributed by atoms with Gasteiger partial charge < -0.3 is 10.1 Å². The summed E-state index contributed by atoms with van der Waals surface area (Å²) in [6, 6.07) is 0. The van der Waals surface area contributed by atoms with Gasteiger partial charge in [-0.25, -0.2) is 0 Å². The average Bonchev–Trinajstić information content (AvgIpc) is 2.13. The molecule has 1 N–H and O–H groups in total. The second-order valence-electron chi connectivity index (χ2n) is 4.41. The predicted octanol–water partition coefficient (Wildman–Crippen LogP) is 1.98. The van der Waals surface area contributed by atoms with E-state index in [0.717, 1.165) is 6.61 Å². The van der Waals surface area contributed by atoms with E-state index >= 15 is 0 Å². The molecule has 0 bridgehead atoms. The molecule has 2 fully saturated rings. The van der Waals surface area contributed by atoms with Crippen molar-refractivity contribution < 1.29 is 4.74 Å². The second-order valence-corrected chi connectivity index (χ2v) is 4.41. The van der Waals surface area contributed by atoms with Gasteiger partial charge in [0.25, 0.3) is 0 Å². The Morgan fingerprint density at radius 1 is 1.23 bits per heavy atom. The van der Waals surface area contributed by atoms with Crippen LogP contribution in [0.4, 0.5) is 0 Å². The molecule has 1 atom stereocenters. The molecular formula is C10H20ClNO. The summed E-state index contributed by atoms with van der Waals surface area (Å²) in [4.78, 5) is 0. The minimum atomic E-state index is 0. The van der Waals surface area contributed by atoms with Crippen molar-refractivity contribution in [1.82, 2.24) is 5.32 Å². The zero-order valence-electron chi connectivity index (χ0n) is 8.34. The molecule has 2 aliphatic heterocycles. The molecule has 78 valence electrons. The van der Waals surface area contributed by atoms with Gasteiger partial charge in [-0.2, -0.15) is 0 Å². The van der Waals surface area contributed by atoms with E-state index in [9.17, 15) is 0 Å². The maximum absolute atomic E-state index is 5.74. The summed E-state index contributed by atoms with van der Waals surface area (Å²) >= 11 is 0. The zero-order chi connectivity index (χ0) is 8.44. The molecule has 3 heteroatoms. The molecule has 0 saturated carbocycles. The van der Waals surface area contributed by atoms with Gasteiger partial charge in [-0.1, -0.05) is 0 Å². The van der Waals surface area contributed by atoms with Crippen molar-refractivity contribution >= 4 is 12.4 Å². The summed E-state index contributed by atoms with van der Waals surface area (Å²) in [5.41, 5.74) is 0.553. The highest BCUT2D eigenvalue weighted by molar-refractivity contribution is 5.85. The number of nitrogens with one attached hydrogen (secondary N) is 1. The monoisotopic (exact) mass is 205 g/mol. The SMILES string of the molecule is CC1CCC2(CCNCC2)CO1.Cl. The minimum Gasteiger partial charge on any atom is -0.378 e. The van der Waals surface area contributed by atoms with E-state index in [1.807, 2.05) is 0 Å². The van der Waals surface area contributed by atoms with Gasteiger partial charge in [0.2, 0.25) is 0 Å². The predicted molar refractivity (Wildman–Crippen MR) is 56.4 cm³/mol. The lowest BCUT2D eigenvalue weighted by molar-refractivity contribution is -0.0664. The quantitative estimate of drug-likeness (QED) is 0.653. The fraction of sp³-hybridized carbons (Fsp3) is 1.00. The fourth-order valence-corrected chi connectivity index (χ4v) is 2.34. The third-order valence-corrected chi connectivity index (χ3v) is 3.42. The van der Waals surface area contributed by atoms with Gasteiger partial charge in [0, 0.05) is 0 Å². The van der Waals surface area contributed by atoms with Gasteiger partial charge in [0.05, 0.1) is 12.7 Å².